The molecule has 0 amide bonds. The summed E-state index contributed by atoms with van der Waals surface area (Å²) in [5, 5.41) is 8.68. The lowest BCUT2D eigenvalue weighted by molar-refractivity contribution is -0.114. The molecule has 4 nitrogen and oxygen atoms in total. The molecule has 1 aliphatic carbocycles. The fraction of sp³-hybridized carbons (Fsp3) is 0.467. The molecule has 110 valence electrons. The molecular weight excluding hydrogens is 276 g/mol. The number of benzene rings is 1. The van der Waals surface area contributed by atoms with Gasteiger partial charge in [0.25, 0.3) is 0 Å². The highest BCUT2D eigenvalue weighted by molar-refractivity contribution is 6.40. The summed E-state index contributed by atoms with van der Waals surface area (Å²) in [5.74, 6) is -0.825. The van der Waals surface area contributed by atoms with Gasteiger partial charge in [-0.25, -0.2) is 8.78 Å². The van der Waals surface area contributed by atoms with Crippen molar-refractivity contribution in [1.82, 2.24) is 10.3 Å². The highest BCUT2D eigenvalue weighted by atomic mass is 19.1. The van der Waals surface area contributed by atoms with Crippen LogP contribution in [0, 0.1) is 5.92 Å². The van der Waals surface area contributed by atoms with E-state index in [0.29, 0.717) is 6.42 Å². The molecule has 21 heavy (non-hydrogen) atoms. The lowest BCUT2D eigenvalue weighted by Gasteiger charge is -2.21. The monoisotopic (exact) mass is 291 g/mol. The van der Waals surface area contributed by atoms with Crippen LogP contribution in [0.2, 0.25) is 0 Å². The molecule has 1 aromatic carbocycles. The number of rotatable bonds is 3. The van der Waals surface area contributed by atoms with Crippen molar-refractivity contribution >= 4 is 11.6 Å². The second-order valence-corrected chi connectivity index (χ2v) is 5.82. The maximum absolute atomic E-state index is 14.2. The molecule has 0 aromatic heterocycles. The van der Waals surface area contributed by atoms with Crippen LogP contribution in [0.1, 0.15) is 24.4 Å². The zero-order chi connectivity index (χ0) is 14.6. The van der Waals surface area contributed by atoms with Crippen molar-refractivity contribution in [3.63, 3.8) is 0 Å². The summed E-state index contributed by atoms with van der Waals surface area (Å²) in [7, 11) is 0. The average molecular weight is 291 g/mol. The molecule has 0 spiro atoms. The summed E-state index contributed by atoms with van der Waals surface area (Å²) in [6.45, 7) is 0. The maximum Gasteiger partial charge on any atom is 0.205 e. The van der Waals surface area contributed by atoms with Crippen molar-refractivity contribution in [3.05, 3.63) is 35.9 Å². The molecular formula is C15H15F2N3O. The van der Waals surface area contributed by atoms with Crippen molar-refractivity contribution in [3.8, 4) is 0 Å². The lowest BCUT2D eigenvalue weighted by Crippen LogP contribution is -2.42. The predicted octanol–water partition coefficient (Wildman–Crippen LogP) is 1.94. The Morgan fingerprint density at radius 2 is 1.90 bits per heavy atom. The molecule has 3 aliphatic rings. The quantitative estimate of drug-likeness (QED) is 0.925. The van der Waals surface area contributed by atoms with Gasteiger partial charge in [-0.15, -0.1) is 0 Å². The summed E-state index contributed by atoms with van der Waals surface area (Å²) in [5.41, 5.74) is 0.969. The van der Waals surface area contributed by atoms with Crippen LogP contribution in [-0.4, -0.2) is 35.1 Å². The van der Waals surface area contributed by atoms with E-state index < -0.39 is 24.4 Å². The second kappa shape index (κ2) is 4.51. The third kappa shape index (κ3) is 2.01. The highest BCUT2D eigenvalue weighted by Gasteiger charge is 2.51. The van der Waals surface area contributed by atoms with Gasteiger partial charge in [-0.1, -0.05) is 30.3 Å². The Hall–Kier alpha value is -1.98. The van der Waals surface area contributed by atoms with Gasteiger partial charge in [0.1, 0.15) is 18.5 Å². The molecule has 4 rings (SSSR count). The molecule has 1 N–H and O–H groups in total. The van der Waals surface area contributed by atoms with Crippen LogP contribution in [0.4, 0.5) is 8.78 Å². The number of alkyl halides is 2. The number of hydrazone groups is 1. The van der Waals surface area contributed by atoms with E-state index in [1.165, 1.54) is 0 Å². The molecule has 1 saturated heterocycles. The van der Waals surface area contributed by atoms with Crippen molar-refractivity contribution < 1.29 is 13.6 Å². The summed E-state index contributed by atoms with van der Waals surface area (Å²) >= 11 is 0. The number of halogens is 2. The fourth-order valence-electron chi connectivity index (χ4n) is 3.08. The Balaban J connectivity index is 1.59. The number of nitrogens with one attached hydrogen (secondary N) is 1. The molecule has 6 heteroatoms. The standard InChI is InChI=1S/C15H15F2N3O/c16-10-6-9(10)13(21)14-18-15-11(17)7-12(20(15)19-14)8-4-2-1-3-5-8/h1-5,9-12,15H,6-7H2,(H,18,19)/t9-,10-,11+,12+,15?/m0/s1. The Morgan fingerprint density at radius 3 is 2.57 bits per heavy atom. The first-order chi connectivity index (χ1) is 10.1. The number of carbonyl (C=O) groups is 1. The van der Waals surface area contributed by atoms with Gasteiger partial charge in [0.15, 0.2) is 5.84 Å². The van der Waals surface area contributed by atoms with Crippen molar-refractivity contribution in [2.45, 2.75) is 37.4 Å². The van der Waals surface area contributed by atoms with Crippen LogP contribution in [0.25, 0.3) is 0 Å². The topological polar surface area (TPSA) is 44.7 Å². The molecule has 0 bridgehead atoms. The van der Waals surface area contributed by atoms with Gasteiger partial charge < -0.3 is 5.32 Å². The summed E-state index contributed by atoms with van der Waals surface area (Å²) in [6.07, 6.45) is -2.20. The Bertz CT molecular complexity index is 606. The average Bonchev–Trinajstić information content (AvgIpc) is 2.95. The first-order valence-electron chi connectivity index (χ1n) is 7.16. The van der Waals surface area contributed by atoms with Crippen LogP contribution in [0.3, 0.4) is 0 Å². The predicted molar refractivity (Wildman–Crippen MR) is 72.9 cm³/mol. The molecule has 0 radical (unpaired) electrons. The number of hydrogen-bond donors (Lipinski definition) is 1. The van der Waals surface area contributed by atoms with Crippen molar-refractivity contribution in [2.24, 2.45) is 11.0 Å². The minimum absolute atomic E-state index is 0.105. The first-order valence-corrected chi connectivity index (χ1v) is 7.16. The molecule has 1 unspecified atom stereocenters. The maximum atomic E-state index is 14.2. The van der Waals surface area contributed by atoms with Gasteiger partial charge in [-0.2, -0.15) is 5.10 Å². The Kier molecular flexibility index (Phi) is 2.74. The van der Waals surface area contributed by atoms with E-state index in [0.717, 1.165) is 5.56 Å². The van der Waals surface area contributed by atoms with Gasteiger partial charge in [0.05, 0.1) is 12.0 Å². The minimum atomic E-state index is -1.11. The largest absolute Gasteiger partial charge is 0.342 e. The van der Waals surface area contributed by atoms with Gasteiger partial charge >= 0.3 is 0 Å². The SMILES string of the molecule is O=C(C1=NN2C(N1)[C@H](F)C[C@@H]2c1ccccc1)[C@H]1C[C@@H]1F. The molecule has 5 atom stereocenters. The zero-order valence-electron chi connectivity index (χ0n) is 11.2. The first kappa shape index (κ1) is 12.7. The van der Waals surface area contributed by atoms with E-state index >= 15 is 0 Å². The number of carbonyl (C=O) groups excluding carboxylic acids is 1. The van der Waals surface area contributed by atoms with E-state index in [4.69, 9.17) is 0 Å². The fourth-order valence-corrected chi connectivity index (χ4v) is 3.08. The lowest BCUT2D eigenvalue weighted by atomic mass is 10.0. The van der Waals surface area contributed by atoms with Gasteiger partial charge in [0.2, 0.25) is 5.78 Å². The summed E-state index contributed by atoms with van der Waals surface area (Å²) in [4.78, 5) is 12.0. The number of ketones is 1. The molecule has 2 heterocycles. The number of fused-ring (bicyclic) bond motifs is 1. The van der Waals surface area contributed by atoms with E-state index in [9.17, 15) is 13.6 Å². The zero-order valence-corrected chi connectivity index (χ0v) is 11.2. The normalized spacial score (nSPS) is 37.0. The number of Topliss-reactive ketones (excluding diaryl/α,β-unsaturated/α-hetero) is 1. The molecule has 1 saturated carbocycles. The van der Waals surface area contributed by atoms with E-state index in [2.05, 4.69) is 10.4 Å². The van der Waals surface area contributed by atoms with Gasteiger partial charge in [-0.05, 0) is 12.0 Å². The van der Waals surface area contributed by atoms with Crippen LogP contribution in [0.15, 0.2) is 35.4 Å². The van der Waals surface area contributed by atoms with Crippen molar-refractivity contribution in [2.75, 3.05) is 0 Å². The van der Waals surface area contributed by atoms with Crippen LogP contribution in [-0.2, 0) is 4.79 Å². The van der Waals surface area contributed by atoms with E-state index in [1.54, 1.807) is 5.01 Å². The minimum Gasteiger partial charge on any atom is -0.342 e. The third-order valence-electron chi connectivity index (χ3n) is 4.36. The van der Waals surface area contributed by atoms with Gasteiger partial charge in [0, 0.05) is 6.42 Å². The molecule has 1 aromatic rings. The van der Waals surface area contributed by atoms with Crippen LogP contribution < -0.4 is 5.32 Å². The third-order valence-corrected chi connectivity index (χ3v) is 4.36. The number of amidine groups is 1. The van der Waals surface area contributed by atoms with Crippen molar-refractivity contribution in [1.29, 1.82) is 0 Å². The van der Waals surface area contributed by atoms with Gasteiger partial charge in [-0.3, -0.25) is 9.80 Å². The van der Waals surface area contributed by atoms with Crippen LogP contribution >= 0.6 is 0 Å². The van der Waals surface area contributed by atoms with Crippen LogP contribution in [0.5, 0.6) is 0 Å². The summed E-state index contributed by atoms with van der Waals surface area (Å²) in [6, 6.07) is 9.35. The smallest absolute Gasteiger partial charge is 0.205 e. The molecule has 2 fully saturated rings. The highest BCUT2D eigenvalue weighted by Crippen LogP contribution is 2.40. The van der Waals surface area contributed by atoms with E-state index in [-0.39, 0.29) is 24.1 Å². The number of hydrogen-bond acceptors (Lipinski definition) is 4. The second-order valence-electron chi connectivity index (χ2n) is 5.82. The number of nitrogens with zero attached hydrogens (tertiary/aromatic N) is 2. The molecule has 2 aliphatic heterocycles. The Morgan fingerprint density at radius 1 is 1.19 bits per heavy atom. The summed E-state index contributed by atoms with van der Waals surface area (Å²) < 4.78 is 27.2. The van der Waals surface area contributed by atoms with E-state index in [1.807, 2.05) is 30.3 Å². The Labute approximate surface area is 120 Å².